The number of halogens is 1. The van der Waals surface area contributed by atoms with Gasteiger partial charge in [0.25, 0.3) is 0 Å². The molecule has 0 amide bonds. The Morgan fingerprint density at radius 1 is 1.31 bits per heavy atom. The largest absolute Gasteiger partial charge is 0.271 e. The van der Waals surface area contributed by atoms with Gasteiger partial charge in [0, 0.05) is 11.1 Å². The molecule has 0 aliphatic heterocycles. The summed E-state index contributed by atoms with van der Waals surface area (Å²) in [6.45, 7) is 0. The van der Waals surface area contributed by atoms with Crippen LogP contribution < -0.4 is 11.3 Å². The fourth-order valence-corrected chi connectivity index (χ4v) is 1.73. The Balaban J connectivity index is 2.17. The zero-order valence-corrected chi connectivity index (χ0v) is 8.09. The molecule has 70 valence electrons. The Kier molecular flexibility index (Phi) is 2.54. The third-order valence-corrected chi connectivity index (χ3v) is 2.75. The lowest BCUT2D eigenvalue weighted by molar-refractivity contribution is 0.497. The Hall–Kier alpha value is -0.570. The zero-order valence-electron chi connectivity index (χ0n) is 7.33. The Morgan fingerprint density at radius 3 is 2.38 bits per heavy atom. The normalized spacial score (nSPS) is 18.6. The second-order valence-corrected chi connectivity index (χ2v) is 3.97. The predicted molar refractivity (Wildman–Crippen MR) is 54.2 cm³/mol. The van der Waals surface area contributed by atoms with Crippen LogP contribution in [0.5, 0.6) is 0 Å². The van der Waals surface area contributed by atoms with Crippen molar-refractivity contribution in [1.29, 1.82) is 0 Å². The van der Waals surface area contributed by atoms with Crippen molar-refractivity contribution in [3.8, 4) is 0 Å². The highest BCUT2D eigenvalue weighted by atomic mass is 35.5. The highest BCUT2D eigenvalue weighted by Crippen LogP contribution is 2.40. The molecule has 1 aromatic rings. The highest BCUT2D eigenvalue weighted by molar-refractivity contribution is 6.30. The number of hydrogen-bond acceptors (Lipinski definition) is 2. The van der Waals surface area contributed by atoms with Crippen molar-refractivity contribution in [3.63, 3.8) is 0 Å². The Bertz CT molecular complexity index is 279. The first-order valence-electron chi connectivity index (χ1n) is 4.53. The molecule has 1 unspecified atom stereocenters. The summed E-state index contributed by atoms with van der Waals surface area (Å²) < 4.78 is 0. The van der Waals surface area contributed by atoms with Gasteiger partial charge in [0.15, 0.2) is 0 Å². The van der Waals surface area contributed by atoms with Crippen LogP contribution in [0.4, 0.5) is 0 Å². The molecular formula is C10H13ClN2. The van der Waals surface area contributed by atoms with Gasteiger partial charge < -0.3 is 0 Å². The van der Waals surface area contributed by atoms with Crippen LogP contribution in [0.1, 0.15) is 24.4 Å². The van der Waals surface area contributed by atoms with E-state index in [0.29, 0.717) is 12.0 Å². The first kappa shape index (κ1) is 9.00. The molecule has 2 nitrogen and oxygen atoms in total. The summed E-state index contributed by atoms with van der Waals surface area (Å²) in [6.07, 6.45) is 2.55. The average molecular weight is 197 g/mol. The van der Waals surface area contributed by atoms with Gasteiger partial charge >= 0.3 is 0 Å². The summed E-state index contributed by atoms with van der Waals surface area (Å²) in [5.41, 5.74) is 4.09. The van der Waals surface area contributed by atoms with Crippen molar-refractivity contribution in [2.45, 2.75) is 18.9 Å². The summed E-state index contributed by atoms with van der Waals surface area (Å²) in [5.74, 6) is 6.21. The van der Waals surface area contributed by atoms with E-state index in [9.17, 15) is 0 Å². The summed E-state index contributed by atoms with van der Waals surface area (Å²) in [7, 11) is 0. The van der Waals surface area contributed by atoms with Crippen LogP contribution in [0.15, 0.2) is 24.3 Å². The van der Waals surface area contributed by atoms with E-state index in [1.54, 1.807) is 0 Å². The molecule has 3 N–H and O–H groups in total. The van der Waals surface area contributed by atoms with E-state index < -0.39 is 0 Å². The minimum atomic E-state index is 0.303. The maximum absolute atomic E-state index is 5.80. The molecule has 0 spiro atoms. The zero-order chi connectivity index (χ0) is 9.26. The van der Waals surface area contributed by atoms with Crippen LogP contribution in [0.25, 0.3) is 0 Å². The van der Waals surface area contributed by atoms with Crippen molar-refractivity contribution < 1.29 is 0 Å². The molecule has 1 atom stereocenters. The summed E-state index contributed by atoms with van der Waals surface area (Å²) in [4.78, 5) is 0. The van der Waals surface area contributed by atoms with E-state index in [0.717, 1.165) is 5.02 Å². The minimum Gasteiger partial charge on any atom is -0.271 e. The second kappa shape index (κ2) is 3.66. The number of hydrogen-bond donors (Lipinski definition) is 2. The molecular weight excluding hydrogens is 184 g/mol. The molecule has 13 heavy (non-hydrogen) atoms. The number of rotatable bonds is 3. The molecule has 0 aromatic heterocycles. The van der Waals surface area contributed by atoms with Crippen LogP contribution in [-0.4, -0.2) is 0 Å². The van der Waals surface area contributed by atoms with Gasteiger partial charge in [0.05, 0.1) is 0 Å². The van der Waals surface area contributed by atoms with E-state index in [2.05, 4.69) is 5.43 Å². The van der Waals surface area contributed by atoms with E-state index >= 15 is 0 Å². The predicted octanol–water partition coefficient (Wildman–Crippen LogP) is 2.25. The van der Waals surface area contributed by atoms with Crippen LogP contribution in [-0.2, 0) is 0 Å². The molecule has 1 aliphatic rings. The van der Waals surface area contributed by atoms with Gasteiger partial charge in [0.1, 0.15) is 0 Å². The lowest BCUT2D eigenvalue weighted by atomic mass is 10.0. The third kappa shape index (κ3) is 2.02. The van der Waals surface area contributed by atoms with Crippen LogP contribution in [0.2, 0.25) is 5.02 Å². The molecule has 0 saturated heterocycles. The van der Waals surface area contributed by atoms with Crippen LogP contribution >= 0.6 is 11.6 Å². The molecule has 0 bridgehead atoms. The smallest absolute Gasteiger partial charge is 0.0488 e. The molecule has 3 heteroatoms. The summed E-state index contributed by atoms with van der Waals surface area (Å²) >= 11 is 5.80. The van der Waals surface area contributed by atoms with E-state index in [-0.39, 0.29) is 0 Å². The minimum absolute atomic E-state index is 0.303. The maximum atomic E-state index is 5.80. The first-order chi connectivity index (χ1) is 6.31. The second-order valence-electron chi connectivity index (χ2n) is 3.53. The van der Waals surface area contributed by atoms with Gasteiger partial charge in [-0.3, -0.25) is 11.3 Å². The average Bonchev–Trinajstić information content (AvgIpc) is 2.93. The van der Waals surface area contributed by atoms with Crippen molar-refractivity contribution in [2.75, 3.05) is 0 Å². The number of benzene rings is 1. The van der Waals surface area contributed by atoms with Gasteiger partial charge in [-0.05, 0) is 36.5 Å². The van der Waals surface area contributed by atoms with Crippen LogP contribution in [0.3, 0.4) is 0 Å². The van der Waals surface area contributed by atoms with Crippen molar-refractivity contribution in [1.82, 2.24) is 5.43 Å². The van der Waals surface area contributed by atoms with Gasteiger partial charge in [-0.1, -0.05) is 23.7 Å². The summed E-state index contributed by atoms with van der Waals surface area (Å²) in [6, 6.07) is 8.18. The number of nitrogens with two attached hydrogens (primary N) is 1. The SMILES string of the molecule is NNC(c1ccc(Cl)cc1)C1CC1. The Morgan fingerprint density at radius 2 is 1.92 bits per heavy atom. The first-order valence-corrected chi connectivity index (χ1v) is 4.90. The lowest BCUT2D eigenvalue weighted by Gasteiger charge is -2.14. The maximum Gasteiger partial charge on any atom is 0.0488 e. The molecule has 1 saturated carbocycles. The lowest BCUT2D eigenvalue weighted by Crippen LogP contribution is -2.29. The molecule has 1 fully saturated rings. The monoisotopic (exact) mass is 196 g/mol. The fourth-order valence-electron chi connectivity index (χ4n) is 1.60. The Labute approximate surface area is 83.0 Å². The van der Waals surface area contributed by atoms with Gasteiger partial charge in [-0.15, -0.1) is 0 Å². The topological polar surface area (TPSA) is 38.0 Å². The number of nitrogens with one attached hydrogen (secondary N) is 1. The van der Waals surface area contributed by atoms with Gasteiger partial charge in [0.2, 0.25) is 0 Å². The molecule has 0 heterocycles. The summed E-state index contributed by atoms with van der Waals surface area (Å²) in [5, 5.41) is 0.773. The third-order valence-electron chi connectivity index (χ3n) is 2.50. The highest BCUT2D eigenvalue weighted by Gasteiger charge is 2.31. The molecule has 1 aliphatic carbocycles. The standard InChI is InChI=1S/C10H13ClN2/c11-9-5-3-8(4-6-9)10(13-12)7-1-2-7/h3-7,10,13H,1-2,12H2. The van der Waals surface area contributed by atoms with Gasteiger partial charge in [-0.25, -0.2) is 0 Å². The quantitative estimate of drug-likeness (QED) is 0.575. The van der Waals surface area contributed by atoms with E-state index in [4.69, 9.17) is 17.4 Å². The molecule has 2 rings (SSSR count). The van der Waals surface area contributed by atoms with Gasteiger partial charge in [-0.2, -0.15) is 0 Å². The van der Waals surface area contributed by atoms with Crippen molar-refractivity contribution >= 4 is 11.6 Å². The van der Waals surface area contributed by atoms with Crippen molar-refractivity contribution in [3.05, 3.63) is 34.9 Å². The molecule has 0 radical (unpaired) electrons. The number of hydrazine groups is 1. The van der Waals surface area contributed by atoms with Crippen LogP contribution in [0, 0.1) is 5.92 Å². The van der Waals surface area contributed by atoms with E-state index in [1.807, 2.05) is 24.3 Å². The van der Waals surface area contributed by atoms with E-state index in [1.165, 1.54) is 18.4 Å². The fraction of sp³-hybridized carbons (Fsp3) is 0.400. The van der Waals surface area contributed by atoms with Crippen molar-refractivity contribution in [2.24, 2.45) is 11.8 Å². The molecule has 1 aromatic carbocycles.